The second-order valence-corrected chi connectivity index (χ2v) is 31.5. The number of benzene rings is 1. The minimum atomic E-state index is -1.50. The van der Waals surface area contributed by atoms with Gasteiger partial charge in [0.05, 0.1) is 6.61 Å². The van der Waals surface area contributed by atoms with Crippen molar-refractivity contribution in [1.82, 2.24) is 53.2 Å². The number of ketones is 1. The molecule has 0 saturated carbocycles. The molecule has 0 aliphatic carbocycles. The lowest BCUT2D eigenvalue weighted by atomic mass is 9.87. The quantitative estimate of drug-likeness (QED) is 0.0107. The number of hydrogen-bond acceptors (Lipinski definition) is 24. The van der Waals surface area contributed by atoms with Crippen molar-refractivity contribution < 1.29 is 87.8 Å². The number of guanidine groups is 1. The van der Waals surface area contributed by atoms with Crippen molar-refractivity contribution in [3.63, 3.8) is 0 Å². The number of carboxylic acid groups (broad SMARTS) is 1. The molecule has 632 valence electrons. The number of unbranched alkanes of at least 4 members (excludes halogenated alkanes) is 4. The number of Topliss-reactive ketones (excluding diaryl/α,β-unsaturated/α-hetero) is 1. The Morgan fingerprint density at radius 1 is 0.450 bits per heavy atom. The van der Waals surface area contributed by atoms with Crippen LogP contribution in [0.15, 0.2) is 29.3 Å². The fraction of sp³-hybridized carbons (Fsp3) is 0.743. The highest BCUT2D eigenvalue weighted by molar-refractivity contribution is 7.99. The highest BCUT2D eigenvalue weighted by Crippen LogP contribution is 2.30. The topological polar surface area (TPSA) is 604 Å². The minimum absolute atomic E-state index is 0.00222. The number of aryl methyl sites for hydroxylation is 1. The number of thiol groups is 1. The first-order valence-electron chi connectivity index (χ1n) is 38.7. The first-order valence-corrected chi connectivity index (χ1v) is 40.4. The molecule has 10 amide bonds. The Morgan fingerprint density at radius 2 is 0.784 bits per heavy atom. The summed E-state index contributed by atoms with van der Waals surface area (Å²) in [6.07, 6.45) is -2.18. The van der Waals surface area contributed by atoms with Gasteiger partial charge in [0.2, 0.25) is 59.1 Å². The highest BCUT2D eigenvalue weighted by Gasteiger charge is 2.44. The Balaban J connectivity index is 2.45. The number of hydrogen-bond donors (Lipinski definition) is 22. The van der Waals surface area contributed by atoms with E-state index in [9.17, 15) is 83.1 Å². The zero-order valence-electron chi connectivity index (χ0n) is 66.2. The third kappa shape index (κ3) is 35.3. The lowest BCUT2D eigenvalue weighted by Crippen LogP contribution is -2.61. The molecule has 111 heavy (non-hydrogen) atoms. The maximum atomic E-state index is 14.8. The smallest absolute Gasteiger partial charge is 0.327 e. The van der Waals surface area contributed by atoms with Gasteiger partial charge in [-0.15, -0.1) is 11.8 Å². The summed E-state index contributed by atoms with van der Waals surface area (Å²) in [5.41, 5.74) is 35.0. The summed E-state index contributed by atoms with van der Waals surface area (Å²) in [6, 6.07) is -6.39. The van der Waals surface area contributed by atoms with Crippen LogP contribution < -0.4 is 87.6 Å². The van der Waals surface area contributed by atoms with Gasteiger partial charge in [-0.1, -0.05) is 93.5 Å². The number of nitrogens with two attached hydrogens (primary N) is 6. The van der Waals surface area contributed by atoms with Crippen molar-refractivity contribution >= 4 is 101 Å². The molecule has 27 N–H and O–H groups in total. The molecule has 0 spiro atoms. The Labute approximate surface area is 662 Å². The summed E-state index contributed by atoms with van der Waals surface area (Å²) in [4.78, 5) is 173. The van der Waals surface area contributed by atoms with E-state index in [1.54, 1.807) is 93.5 Å². The van der Waals surface area contributed by atoms with E-state index in [4.69, 9.17) is 39.1 Å². The normalized spacial score (nSPS) is 18.6. The number of rotatable bonds is 55. The lowest BCUT2D eigenvalue weighted by Gasteiger charge is -2.39. The number of carbonyl (C=O) groups excluding carboxylic acids is 11. The van der Waals surface area contributed by atoms with Gasteiger partial charge >= 0.3 is 5.97 Å². The minimum Gasteiger partial charge on any atom is -0.480 e. The van der Waals surface area contributed by atoms with Gasteiger partial charge in [-0.3, -0.25) is 57.7 Å². The molecule has 1 heterocycles. The van der Waals surface area contributed by atoms with Gasteiger partial charge < -0.3 is 118 Å². The van der Waals surface area contributed by atoms with Crippen molar-refractivity contribution in [2.45, 2.75) is 262 Å². The SMILES string of the molecule is CC(C)C(CC(=O)c1ccc(CCSC2OC(CO)C(O)C(O)C2O)cc1)C(=O)NC(C(=O)NC(C(=O)NC(CCCCN)C(=O)NC(CCCCN)C(=O)NC(CCCCN)C(=O)NC(CCCN=C(N)N)C(=O)NC(CCCCN)C(=O)NC(C(=O)NC(C(=O)NC(CS)C(=O)O)C(C)C)C(C)C)C(C)C)C(C)C. The van der Waals surface area contributed by atoms with E-state index in [-0.39, 0.29) is 101 Å². The summed E-state index contributed by atoms with van der Waals surface area (Å²) in [5, 5.41) is 76.9. The Kier molecular flexibility index (Phi) is 47.5. The number of nitrogens with zero attached hydrogens (tertiary/aromatic N) is 1. The van der Waals surface area contributed by atoms with Crippen molar-refractivity contribution in [1.29, 1.82) is 0 Å². The summed E-state index contributed by atoms with van der Waals surface area (Å²) in [6.45, 7) is 17.2. The maximum Gasteiger partial charge on any atom is 0.327 e. The van der Waals surface area contributed by atoms with Crippen LogP contribution in [0.1, 0.15) is 181 Å². The number of ether oxygens (including phenoxy) is 1. The van der Waals surface area contributed by atoms with Crippen LogP contribution in [-0.4, -0.2) is 243 Å². The molecule has 0 radical (unpaired) electrons. The Bertz CT molecular complexity index is 3120. The number of aliphatic hydroxyl groups excluding tert-OH is 4. The second-order valence-electron chi connectivity index (χ2n) is 29.9. The fourth-order valence-corrected chi connectivity index (χ4v) is 13.5. The van der Waals surface area contributed by atoms with E-state index < -0.39 is 192 Å². The number of aliphatic hydroxyl groups is 4. The molecular weight excluding hydrogens is 1480 g/mol. The second kappa shape index (κ2) is 52.9. The van der Waals surface area contributed by atoms with Gasteiger partial charge in [0.25, 0.3) is 0 Å². The van der Waals surface area contributed by atoms with E-state index in [1.807, 2.05) is 0 Å². The van der Waals surface area contributed by atoms with Crippen LogP contribution in [0.3, 0.4) is 0 Å². The Hall–Kier alpha value is -7.33. The molecule has 1 fully saturated rings. The van der Waals surface area contributed by atoms with Gasteiger partial charge in [0.15, 0.2) is 11.7 Å². The van der Waals surface area contributed by atoms with Crippen LogP contribution in [0.25, 0.3) is 0 Å². The van der Waals surface area contributed by atoms with Gasteiger partial charge in [-0.25, -0.2) is 4.79 Å². The van der Waals surface area contributed by atoms with Crippen LogP contribution in [0.2, 0.25) is 0 Å². The summed E-state index contributed by atoms with van der Waals surface area (Å²) >= 11 is 5.21. The van der Waals surface area contributed by atoms with Crippen molar-refractivity contribution in [3.8, 4) is 0 Å². The first-order chi connectivity index (χ1) is 52.4. The van der Waals surface area contributed by atoms with E-state index in [0.29, 0.717) is 69.1 Å². The number of aliphatic carboxylic acids is 1. The van der Waals surface area contributed by atoms with E-state index in [1.165, 1.54) is 11.8 Å². The molecule has 16 atom stereocenters. The molecule has 37 heteroatoms. The molecule has 16 unspecified atom stereocenters. The number of carbonyl (C=O) groups is 12. The molecule has 1 saturated heterocycles. The highest BCUT2D eigenvalue weighted by atomic mass is 32.2. The number of carboxylic acids is 1. The number of thioether (sulfide) groups is 1. The van der Waals surface area contributed by atoms with E-state index >= 15 is 0 Å². The van der Waals surface area contributed by atoms with E-state index in [0.717, 1.165) is 5.56 Å². The van der Waals surface area contributed by atoms with Crippen LogP contribution in [0.5, 0.6) is 0 Å². The van der Waals surface area contributed by atoms with Crippen molar-refractivity contribution in [2.75, 3.05) is 50.8 Å². The zero-order chi connectivity index (χ0) is 83.8. The molecule has 0 bridgehead atoms. The summed E-state index contributed by atoms with van der Waals surface area (Å²) in [5.74, 6) is -13.0. The largest absolute Gasteiger partial charge is 0.480 e. The fourth-order valence-electron chi connectivity index (χ4n) is 12.1. The zero-order valence-corrected chi connectivity index (χ0v) is 67.9. The van der Waals surface area contributed by atoms with Crippen LogP contribution >= 0.6 is 24.4 Å². The number of aliphatic imine (C=N–C) groups is 1. The van der Waals surface area contributed by atoms with Crippen LogP contribution in [0, 0.1) is 35.5 Å². The third-order valence-electron chi connectivity index (χ3n) is 19.0. The molecule has 35 nitrogen and oxygen atoms in total. The summed E-state index contributed by atoms with van der Waals surface area (Å²) < 4.78 is 5.59. The molecule has 1 aliphatic rings. The average Bonchev–Trinajstić information content (AvgIpc) is 0.817. The maximum absolute atomic E-state index is 14.8. The Morgan fingerprint density at radius 3 is 1.12 bits per heavy atom. The lowest BCUT2D eigenvalue weighted by molar-refractivity contribution is -0.205. The van der Waals surface area contributed by atoms with Gasteiger partial charge in [-0.2, -0.15) is 12.6 Å². The molecule has 1 aliphatic heterocycles. The van der Waals surface area contributed by atoms with Crippen molar-refractivity contribution in [2.24, 2.45) is 74.9 Å². The number of nitrogens with one attached hydrogen (secondary N) is 10. The van der Waals surface area contributed by atoms with E-state index in [2.05, 4.69) is 70.8 Å². The molecule has 1 aromatic rings. The molecule has 0 aromatic heterocycles. The molecular formula is C74H131N17O18S2. The van der Waals surface area contributed by atoms with Gasteiger partial charge in [-0.05, 0) is 163 Å². The van der Waals surface area contributed by atoms with Gasteiger partial charge in [0.1, 0.15) is 90.3 Å². The third-order valence-corrected chi connectivity index (χ3v) is 20.6. The van der Waals surface area contributed by atoms with Crippen molar-refractivity contribution in [3.05, 3.63) is 35.4 Å². The summed E-state index contributed by atoms with van der Waals surface area (Å²) in [7, 11) is 0. The monoisotopic (exact) mass is 1610 g/mol. The van der Waals surface area contributed by atoms with Crippen LogP contribution in [0.4, 0.5) is 0 Å². The number of amides is 10. The molecule has 2 rings (SSSR count). The molecule has 1 aromatic carbocycles. The first kappa shape index (κ1) is 99.7. The average molecular weight is 1610 g/mol. The van der Waals surface area contributed by atoms with Gasteiger partial charge in [0, 0.05) is 30.2 Å². The van der Waals surface area contributed by atoms with Crippen LogP contribution in [-0.2, 0) is 63.9 Å². The predicted octanol–water partition coefficient (Wildman–Crippen LogP) is -2.34. The predicted molar refractivity (Wildman–Crippen MR) is 425 cm³/mol. The standard InChI is InChI=1S/C74H131N17O18S2/c1-39(2)46(36-53(93)45-27-25-44(26-28-45)29-35-111-73-61(96)60(95)59(94)54(37-92)109-73)62(97)88-57(42(7)8)70(105)90-55(40(3)4)68(103)86-49(22-13-17-32-77)65(100)83-47(20-11-15-30-75)63(98)82-48(21-12-16-31-76)64(99)85-51(24-19-34-81-74(79)80)66(101)84-50(23-14-18-33-78)67(102)89-58(43(9)10)71(106)91-56(41(5)6)69(104)87-52(38-110)72(107)108/h25-28,39-43,46-52,54-61,73,92,94-96,110H,11-24,29-38,75-78H2,1-10H3,(H,82,98)(H,83,100)(H,84,101)(H,85,99)(H,86,103)(H,87,104)(H,88,97)(H,89,102)(H,90,105)(H,91,106)(H,107,108)(H4,79,80,81).